The SMILES string of the molecule is CC(F)(F)c1cc(OCC2=C(C3CCCC3)CCC2)ccc1CCC(=O)O. The van der Waals surface area contributed by atoms with Crippen LogP contribution in [0.3, 0.4) is 0 Å². The van der Waals surface area contributed by atoms with Gasteiger partial charge in [0.15, 0.2) is 0 Å². The molecule has 0 heterocycles. The van der Waals surface area contributed by atoms with E-state index in [1.54, 1.807) is 17.7 Å². The first-order valence-corrected chi connectivity index (χ1v) is 9.91. The molecule has 2 aliphatic rings. The summed E-state index contributed by atoms with van der Waals surface area (Å²) in [5.41, 5.74) is 3.12. The second-order valence-corrected chi connectivity index (χ2v) is 7.85. The first-order valence-electron chi connectivity index (χ1n) is 9.91. The summed E-state index contributed by atoms with van der Waals surface area (Å²) in [6, 6.07) is 4.63. The van der Waals surface area contributed by atoms with Crippen molar-refractivity contribution in [2.45, 2.75) is 70.6 Å². The maximum absolute atomic E-state index is 14.0. The number of hydrogen-bond donors (Lipinski definition) is 1. The van der Waals surface area contributed by atoms with E-state index < -0.39 is 11.9 Å². The first-order chi connectivity index (χ1) is 12.8. The number of allylic oxidation sites excluding steroid dienone is 1. The Morgan fingerprint density at radius 3 is 2.63 bits per heavy atom. The van der Waals surface area contributed by atoms with Crippen molar-refractivity contribution in [3.05, 3.63) is 40.5 Å². The summed E-state index contributed by atoms with van der Waals surface area (Å²) in [4.78, 5) is 10.8. The Kier molecular flexibility index (Phi) is 6.18. The van der Waals surface area contributed by atoms with Crippen LogP contribution < -0.4 is 4.74 Å². The Hall–Kier alpha value is -1.91. The number of carboxylic acid groups (broad SMARTS) is 1. The van der Waals surface area contributed by atoms with Gasteiger partial charge in [-0.15, -0.1) is 0 Å². The molecule has 2 aliphatic carbocycles. The molecule has 27 heavy (non-hydrogen) atoms. The molecule has 148 valence electrons. The van der Waals surface area contributed by atoms with Gasteiger partial charge < -0.3 is 9.84 Å². The number of carboxylic acids is 1. The Labute approximate surface area is 159 Å². The van der Waals surface area contributed by atoms with Gasteiger partial charge in [0.05, 0.1) is 0 Å². The zero-order valence-corrected chi connectivity index (χ0v) is 15.9. The quantitative estimate of drug-likeness (QED) is 0.576. The van der Waals surface area contributed by atoms with Gasteiger partial charge in [-0.1, -0.05) is 24.5 Å². The van der Waals surface area contributed by atoms with E-state index >= 15 is 0 Å². The molecule has 1 fully saturated rings. The molecule has 0 amide bonds. The Bertz CT molecular complexity index is 713. The Morgan fingerprint density at radius 2 is 1.96 bits per heavy atom. The van der Waals surface area contributed by atoms with Crippen LogP contribution in [0.4, 0.5) is 8.78 Å². The molecule has 3 rings (SSSR count). The van der Waals surface area contributed by atoms with Gasteiger partial charge in [0.25, 0.3) is 5.92 Å². The largest absolute Gasteiger partial charge is 0.489 e. The monoisotopic (exact) mass is 378 g/mol. The average molecular weight is 378 g/mol. The summed E-state index contributed by atoms with van der Waals surface area (Å²) >= 11 is 0. The molecule has 1 aromatic carbocycles. The van der Waals surface area contributed by atoms with Crippen molar-refractivity contribution in [1.82, 2.24) is 0 Å². The number of rotatable bonds is 8. The van der Waals surface area contributed by atoms with Crippen LogP contribution in [-0.2, 0) is 17.1 Å². The smallest absolute Gasteiger partial charge is 0.303 e. The van der Waals surface area contributed by atoms with Crippen LogP contribution in [0.15, 0.2) is 29.3 Å². The third-order valence-electron chi connectivity index (χ3n) is 5.80. The lowest BCUT2D eigenvalue weighted by molar-refractivity contribution is -0.137. The van der Waals surface area contributed by atoms with Crippen molar-refractivity contribution >= 4 is 5.97 Å². The second-order valence-electron chi connectivity index (χ2n) is 7.85. The van der Waals surface area contributed by atoms with Crippen LogP contribution in [0.1, 0.15) is 69.4 Å². The highest BCUT2D eigenvalue weighted by Crippen LogP contribution is 2.40. The minimum atomic E-state index is -3.03. The highest BCUT2D eigenvalue weighted by Gasteiger charge is 2.29. The van der Waals surface area contributed by atoms with Gasteiger partial charge in [0, 0.05) is 18.9 Å². The fourth-order valence-electron chi connectivity index (χ4n) is 4.45. The van der Waals surface area contributed by atoms with Crippen LogP contribution in [0.25, 0.3) is 0 Å². The lowest BCUT2D eigenvalue weighted by Gasteiger charge is -2.18. The molecule has 0 bridgehead atoms. The molecule has 1 aromatic rings. The van der Waals surface area contributed by atoms with Gasteiger partial charge in [-0.05, 0) is 67.7 Å². The molecule has 0 unspecified atom stereocenters. The van der Waals surface area contributed by atoms with Crippen LogP contribution in [0.5, 0.6) is 5.75 Å². The van der Waals surface area contributed by atoms with Crippen LogP contribution in [0.2, 0.25) is 0 Å². The van der Waals surface area contributed by atoms with Crippen LogP contribution >= 0.6 is 0 Å². The highest BCUT2D eigenvalue weighted by molar-refractivity contribution is 5.67. The van der Waals surface area contributed by atoms with E-state index in [1.165, 1.54) is 37.3 Å². The predicted molar refractivity (Wildman–Crippen MR) is 100 cm³/mol. The Morgan fingerprint density at radius 1 is 1.22 bits per heavy atom. The summed E-state index contributed by atoms with van der Waals surface area (Å²) in [6.45, 7) is 1.31. The summed E-state index contributed by atoms with van der Waals surface area (Å²) in [6.07, 6.45) is 8.41. The molecule has 0 atom stereocenters. The molecular weight excluding hydrogens is 350 g/mol. The molecule has 1 N–H and O–H groups in total. The van der Waals surface area contributed by atoms with Gasteiger partial charge in [0.1, 0.15) is 12.4 Å². The second kappa shape index (κ2) is 8.41. The van der Waals surface area contributed by atoms with Crippen molar-refractivity contribution in [3.63, 3.8) is 0 Å². The summed E-state index contributed by atoms with van der Waals surface area (Å²) < 4.78 is 33.9. The normalized spacial score (nSPS) is 18.3. The van der Waals surface area contributed by atoms with E-state index in [9.17, 15) is 13.6 Å². The van der Waals surface area contributed by atoms with Crippen LogP contribution in [0, 0.1) is 5.92 Å². The lowest BCUT2D eigenvalue weighted by Crippen LogP contribution is -2.13. The number of halogens is 2. The highest BCUT2D eigenvalue weighted by atomic mass is 19.3. The number of alkyl halides is 2. The number of benzene rings is 1. The standard InChI is InChI=1S/C22H28F2O3/c1-22(23,24)20-13-18(11-9-16(20)10-12-21(25)26)27-14-17-7-4-8-19(17)15-5-2-3-6-15/h9,11,13,15H,2-8,10,12,14H2,1H3,(H,25,26). The third kappa shape index (κ3) is 5.08. The number of ether oxygens (including phenoxy) is 1. The topological polar surface area (TPSA) is 46.5 Å². The van der Waals surface area contributed by atoms with Gasteiger partial charge >= 0.3 is 5.97 Å². The summed E-state index contributed by atoms with van der Waals surface area (Å²) in [7, 11) is 0. The van der Waals surface area contributed by atoms with Crippen molar-refractivity contribution in [1.29, 1.82) is 0 Å². The molecule has 0 saturated heterocycles. The number of aryl methyl sites for hydroxylation is 1. The van der Waals surface area contributed by atoms with Gasteiger partial charge in [-0.3, -0.25) is 4.79 Å². The molecule has 0 aliphatic heterocycles. The van der Waals surface area contributed by atoms with Crippen molar-refractivity contribution in [2.75, 3.05) is 6.61 Å². The number of hydrogen-bond acceptors (Lipinski definition) is 2. The lowest BCUT2D eigenvalue weighted by atomic mass is 9.94. The number of carbonyl (C=O) groups is 1. The zero-order chi connectivity index (χ0) is 19.4. The molecule has 0 spiro atoms. The molecule has 0 radical (unpaired) electrons. The maximum Gasteiger partial charge on any atom is 0.303 e. The third-order valence-corrected chi connectivity index (χ3v) is 5.80. The summed E-state index contributed by atoms with van der Waals surface area (Å²) in [5.74, 6) is -2.90. The molecule has 5 heteroatoms. The van der Waals surface area contributed by atoms with Crippen molar-refractivity contribution in [3.8, 4) is 5.75 Å². The Balaban J connectivity index is 1.73. The van der Waals surface area contributed by atoms with Crippen LogP contribution in [-0.4, -0.2) is 17.7 Å². The van der Waals surface area contributed by atoms with E-state index in [1.807, 2.05) is 0 Å². The van der Waals surface area contributed by atoms with E-state index in [0.717, 1.165) is 26.2 Å². The average Bonchev–Trinajstić information content (AvgIpc) is 3.28. The predicted octanol–water partition coefficient (Wildman–Crippen LogP) is 5.87. The van der Waals surface area contributed by atoms with E-state index in [2.05, 4.69) is 0 Å². The first kappa shape index (κ1) is 19.8. The van der Waals surface area contributed by atoms with E-state index in [4.69, 9.17) is 9.84 Å². The fourth-order valence-corrected chi connectivity index (χ4v) is 4.45. The van der Waals surface area contributed by atoms with Gasteiger partial charge in [0.2, 0.25) is 0 Å². The molecule has 0 aromatic heterocycles. The minimum Gasteiger partial charge on any atom is -0.489 e. The van der Waals surface area contributed by atoms with E-state index in [0.29, 0.717) is 23.8 Å². The van der Waals surface area contributed by atoms with Gasteiger partial charge in [-0.25, -0.2) is 8.78 Å². The van der Waals surface area contributed by atoms with E-state index in [-0.39, 0.29) is 18.4 Å². The molecular formula is C22H28F2O3. The van der Waals surface area contributed by atoms with Crippen molar-refractivity contribution in [2.24, 2.45) is 5.92 Å². The maximum atomic E-state index is 14.0. The van der Waals surface area contributed by atoms with Crippen molar-refractivity contribution < 1.29 is 23.4 Å². The summed E-state index contributed by atoms with van der Waals surface area (Å²) in [5, 5.41) is 8.83. The minimum absolute atomic E-state index is 0.0886. The zero-order valence-electron chi connectivity index (χ0n) is 15.9. The molecule has 3 nitrogen and oxygen atoms in total. The number of aliphatic carboxylic acids is 1. The van der Waals surface area contributed by atoms with Gasteiger partial charge in [-0.2, -0.15) is 0 Å². The molecule has 1 saturated carbocycles. The fraction of sp³-hybridized carbons (Fsp3) is 0.591.